The van der Waals surface area contributed by atoms with Crippen molar-refractivity contribution in [1.82, 2.24) is 19.6 Å². The van der Waals surface area contributed by atoms with Crippen molar-refractivity contribution in [3.63, 3.8) is 0 Å². The number of non-ortho nitro benzene ring substituents is 1. The van der Waals surface area contributed by atoms with Crippen LogP contribution < -0.4 is 5.73 Å². The number of hydrogen-bond acceptors (Lipinski definition) is 6. The number of nitro groups is 1. The van der Waals surface area contributed by atoms with Crippen LogP contribution >= 0.6 is 0 Å². The molecule has 0 aliphatic carbocycles. The van der Waals surface area contributed by atoms with Gasteiger partial charge in [-0.05, 0) is 6.92 Å². The summed E-state index contributed by atoms with van der Waals surface area (Å²) in [5.41, 5.74) is 7.58. The third-order valence-corrected chi connectivity index (χ3v) is 2.87. The Morgan fingerprint density at radius 2 is 2.20 bits per heavy atom. The number of aryl methyl sites for hydroxylation is 1. The van der Waals surface area contributed by atoms with E-state index in [4.69, 9.17) is 5.73 Å². The number of nitro benzene ring substituents is 1. The van der Waals surface area contributed by atoms with Crippen molar-refractivity contribution in [3.8, 4) is 11.4 Å². The molecule has 0 amide bonds. The van der Waals surface area contributed by atoms with Gasteiger partial charge < -0.3 is 5.73 Å². The van der Waals surface area contributed by atoms with Crippen LogP contribution in [-0.4, -0.2) is 24.5 Å². The first-order valence-electron chi connectivity index (χ1n) is 5.79. The Labute approximate surface area is 113 Å². The van der Waals surface area contributed by atoms with E-state index in [1.807, 2.05) is 6.92 Å². The van der Waals surface area contributed by atoms with Gasteiger partial charge in [-0.25, -0.2) is 4.98 Å². The van der Waals surface area contributed by atoms with Crippen molar-refractivity contribution < 1.29 is 4.92 Å². The van der Waals surface area contributed by atoms with Gasteiger partial charge in [-0.2, -0.15) is 9.50 Å². The summed E-state index contributed by atoms with van der Waals surface area (Å²) < 4.78 is 1.49. The van der Waals surface area contributed by atoms with Gasteiger partial charge in [-0.3, -0.25) is 10.1 Å². The number of nitrogen functional groups attached to an aromatic ring is 1. The van der Waals surface area contributed by atoms with Crippen LogP contribution in [0.5, 0.6) is 0 Å². The molecule has 0 fully saturated rings. The average molecular weight is 270 g/mol. The van der Waals surface area contributed by atoms with E-state index in [1.165, 1.54) is 16.6 Å². The number of nitrogens with two attached hydrogens (primary N) is 1. The monoisotopic (exact) mass is 270 g/mol. The van der Waals surface area contributed by atoms with E-state index in [-0.39, 0.29) is 11.6 Å². The summed E-state index contributed by atoms with van der Waals surface area (Å²) in [6, 6.07) is 6.18. The summed E-state index contributed by atoms with van der Waals surface area (Å²) in [7, 11) is 0. The maximum absolute atomic E-state index is 10.8. The molecule has 0 unspecified atom stereocenters. The zero-order valence-electron chi connectivity index (χ0n) is 10.5. The van der Waals surface area contributed by atoms with Crippen molar-refractivity contribution in [1.29, 1.82) is 0 Å². The molecular weight excluding hydrogens is 260 g/mol. The Balaban J connectivity index is 2.27. The van der Waals surface area contributed by atoms with Crippen LogP contribution in [0, 0.1) is 17.0 Å². The summed E-state index contributed by atoms with van der Waals surface area (Å²) in [5, 5.41) is 14.9. The fourth-order valence-corrected chi connectivity index (χ4v) is 1.96. The van der Waals surface area contributed by atoms with Crippen LogP contribution in [0.15, 0.2) is 30.5 Å². The summed E-state index contributed by atoms with van der Waals surface area (Å²) in [5.74, 6) is 0.589. The van der Waals surface area contributed by atoms with E-state index in [2.05, 4.69) is 15.1 Å². The predicted octanol–water partition coefficient (Wildman–Crippen LogP) is 1.59. The lowest BCUT2D eigenvalue weighted by Crippen LogP contribution is -2.00. The highest BCUT2D eigenvalue weighted by atomic mass is 16.6. The molecule has 20 heavy (non-hydrogen) atoms. The van der Waals surface area contributed by atoms with Crippen LogP contribution in [0.1, 0.15) is 5.56 Å². The van der Waals surface area contributed by atoms with Gasteiger partial charge in [0.15, 0.2) is 11.5 Å². The van der Waals surface area contributed by atoms with Crippen LogP contribution in [-0.2, 0) is 0 Å². The molecule has 2 N–H and O–H groups in total. The van der Waals surface area contributed by atoms with Gasteiger partial charge in [-0.15, -0.1) is 5.10 Å². The average Bonchev–Trinajstić information content (AvgIpc) is 2.82. The minimum Gasteiger partial charge on any atom is -0.366 e. The Bertz CT molecular complexity index is 826. The van der Waals surface area contributed by atoms with Gasteiger partial charge in [0.2, 0.25) is 5.95 Å². The van der Waals surface area contributed by atoms with E-state index < -0.39 is 4.92 Å². The molecule has 0 spiro atoms. The zero-order valence-corrected chi connectivity index (χ0v) is 10.5. The fraction of sp³-hybridized carbons (Fsp3) is 0.0833. The molecule has 100 valence electrons. The molecule has 0 atom stereocenters. The molecule has 8 heteroatoms. The summed E-state index contributed by atoms with van der Waals surface area (Å²) in [4.78, 5) is 18.8. The smallest absolute Gasteiger partial charge is 0.270 e. The highest BCUT2D eigenvalue weighted by molar-refractivity contribution is 5.63. The first-order chi connectivity index (χ1) is 9.56. The van der Waals surface area contributed by atoms with Gasteiger partial charge >= 0.3 is 0 Å². The highest BCUT2D eigenvalue weighted by Crippen LogP contribution is 2.23. The van der Waals surface area contributed by atoms with E-state index in [9.17, 15) is 10.1 Å². The van der Waals surface area contributed by atoms with Crippen LogP contribution in [0.25, 0.3) is 17.0 Å². The lowest BCUT2D eigenvalue weighted by molar-refractivity contribution is -0.384. The Morgan fingerprint density at radius 3 is 2.95 bits per heavy atom. The minimum absolute atomic E-state index is 0.00823. The maximum atomic E-state index is 10.8. The second-order valence-corrected chi connectivity index (χ2v) is 4.28. The standard InChI is InChI=1S/C12H10N6O2/c1-7-6-14-11(17-10(7)15-12(13)16-17)8-3-2-4-9(5-8)18(19)20/h2-6H,1H3,(H2,13,16). The quantitative estimate of drug-likeness (QED) is 0.559. The molecule has 0 saturated heterocycles. The lowest BCUT2D eigenvalue weighted by Gasteiger charge is -2.04. The second-order valence-electron chi connectivity index (χ2n) is 4.28. The summed E-state index contributed by atoms with van der Waals surface area (Å²) in [6.07, 6.45) is 1.64. The van der Waals surface area contributed by atoms with Gasteiger partial charge in [-0.1, -0.05) is 12.1 Å². The first kappa shape index (κ1) is 12.0. The maximum Gasteiger partial charge on any atom is 0.270 e. The molecule has 0 radical (unpaired) electrons. The Kier molecular flexibility index (Phi) is 2.56. The van der Waals surface area contributed by atoms with E-state index >= 15 is 0 Å². The molecule has 0 aliphatic rings. The summed E-state index contributed by atoms with van der Waals surface area (Å²) >= 11 is 0. The van der Waals surface area contributed by atoms with Gasteiger partial charge in [0.1, 0.15) is 0 Å². The minimum atomic E-state index is -0.454. The first-order valence-corrected chi connectivity index (χ1v) is 5.79. The molecular formula is C12H10N6O2. The van der Waals surface area contributed by atoms with Gasteiger partial charge in [0.25, 0.3) is 5.69 Å². The predicted molar refractivity (Wildman–Crippen MR) is 72.0 cm³/mol. The molecule has 1 aromatic carbocycles. The van der Waals surface area contributed by atoms with Crippen molar-refractivity contribution in [2.45, 2.75) is 6.92 Å². The topological polar surface area (TPSA) is 112 Å². The number of rotatable bonds is 2. The number of anilines is 1. The van der Waals surface area contributed by atoms with E-state index in [0.717, 1.165) is 5.56 Å². The number of nitrogens with zero attached hydrogens (tertiary/aromatic N) is 5. The Morgan fingerprint density at radius 1 is 1.40 bits per heavy atom. The number of benzene rings is 1. The number of fused-ring (bicyclic) bond motifs is 1. The van der Waals surface area contributed by atoms with Gasteiger partial charge in [0.05, 0.1) is 4.92 Å². The molecule has 2 aromatic heterocycles. The van der Waals surface area contributed by atoms with Crippen molar-refractivity contribution >= 4 is 17.3 Å². The summed E-state index contributed by atoms with van der Waals surface area (Å²) in [6.45, 7) is 1.84. The molecule has 0 saturated carbocycles. The molecule has 0 bridgehead atoms. The van der Waals surface area contributed by atoms with Crippen LogP contribution in [0.2, 0.25) is 0 Å². The largest absolute Gasteiger partial charge is 0.366 e. The number of aromatic nitrogens is 4. The zero-order chi connectivity index (χ0) is 14.3. The van der Waals surface area contributed by atoms with Crippen LogP contribution in [0.4, 0.5) is 11.6 Å². The number of hydrogen-bond donors (Lipinski definition) is 1. The molecule has 8 nitrogen and oxygen atoms in total. The van der Waals surface area contributed by atoms with Gasteiger partial charge in [0, 0.05) is 29.5 Å². The van der Waals surface area contributed by atoms with Crippen LogP contribution in [0.3, 0.4) is 0 Å². The molecule has 3 rings (SSSR count). The normalized spacial score (nSPS) is 10.8. The van der Waals surface area contributed by atoms with E-state index in [0.29, 0.717) is 17.0 Å². The third kappa shape index (κ3) is 1.83. The molecule has 3 aromatic rings. The molecule has 2 heterocycles. The van der Waals surface area contributed by atoms with Crippen molar-refractivity contribution in [2.24, 2.45) is 0 Å². The van der Waals surface area contributed by atoms with Crippen molar-refractivity contribution in [3.05, 3.63) is 46.1 Å². The lowest BCUT2D eigenvalue weighted by atomic mass is 10.2. The Hall–Kier alpha value is -3.03. The SMILES string of the molecule is Cc1cnc(-c2cccc([N+](=O)[O-])c2)n2nc(N)nc12. The highest BCUT2D eigenvalue weighted by Gasteiger charge is 2.14. The third-order valence-electron chi connectivity index (χ3n) is 2.87. The van der Waals surface area contributed by atoms with E-state index in [1.54, 1.807) is 18.3 Å². The molecule has 0 aliphatic heterocycles. The fourth-order valence-electron chi connectivity index (χ4n) is 1.96. The van der Waals surface area contributed by atoms with Crippen molar-refractivity contribution in [2.75, 3.05) is 5.73 Å². The second kappa shape index (κ2) is 4.26.